The second kappa shape index (κ2) is 7.96. The molecule has 0 saturated heterocycles. The van der Waals surface area contributed by atoms with Crippen LogP contribution >= 0.6 is 0 Å². The van der Waals surface area contributed by atoms with Crippen molar-refractivity contribution in [1.82, 2.24) is 40.9 Å². The quantitative estimate of drug-likeness (QED) is 0.364. The number of benzene rings is 2. The highest BCUT2D eigenvalue weighted by molar-refractivity contribution is 6.07. The average molecular weight is 439 g/mol. The Morgan fingerprint density at radius 3 is 2.18 bits per heavy atom. The lowest BCUT2D eigenvalue weighted by Crippen LogP contribution is -2.45. The smallest absolute Gasteiger partial charge is 0.330 e. The van der Waals surface area contributed by atoms with E-state index in [1.807, 2.05) is 66.1 Å². The fraction of sp³-hybridized carbons (Fsp3) is 0.0455. The second-order valence-corrected chi connectivity index (χ2v) is 7.17. The number of urea groups is 1. The Labute approximate surface area is 186 Å². The number of hydrogen-bond acceptors (Lipinski definition) is 7. The zero-order valence-electron chi connectivity index (χ0n) is 17.4. The summed E-state index contributed by atoms with van der Waals surface area (Å²) in [7, 11) is 0. The lowest BCUT2D eigenvalue weighted by molar-refractivity contribution is 0.0929. The molecule has 0 aliphatic heterocycles. The van der Waals surface area contributed by atoms with Gasteiger partial charge in [0.15, 0.2) is 11.3 Å². The van der Waals surface area contributed by atoms with Gasteiger partial charge >= 0.3 is 6.03 Å². The van der Waals surface area contributed by atoms with Crippen LogP contribution in [0.4, 0.5) is 4.79 Å². The third-order valence-corrected chi connectivity index (χ3v) is 5.10. The Hall–Kier alpha value is -4.93. The highest BCUT2D eigenvalue weighted by Gasteiger charge is 2.23. The normalized spacial score (nSPS) is 10.9. The molecule has 33 heavy (non-hydrogen) atoms. The van der Waals surface area contributed by atoms with E-state index < -0.39 is 11.9 Å². The molecular weight excluding hydrogens is 422 g/mol. The number of amides is 3. The zero-order chi connectivity index (χ0) is 22.9. The molecule has 0 saturated carbocycles. The topological polar surface area (TPSA) is 153 Å². The standard InChI is InChI=1S/C22H17N9O2/c1-12-17(21(32)28-29-22(23)33)24-27-20-16-15(13-8-4-2-5-9-13)18(14-10-6-3-7-11-14)25-26-19(16)30-31(12)20/h2-11H,1H3,(H,28,32)(H3,23,29,33). The zero-order valence-corrected chi connectivity index (χ0v) is 17.4. The van der Waals surface area contributed by atoms with Crippen LogP contribution in [-0.4, -0.2) is 41.9 Å². The number of aromatic nitrogens is 6. The molecule has 0 aliphatic rings. The van der Waals surface area contributed by atoms with E-state index in [4.69, 9.17) is 5.73 Å². The van der Waals surface area contributed by atoms with Gasteiger partial charge in [-0.15, -0.1) is 25.5 Å². The van der Waals surface area contributed by atoms with Crippen molar-refractivity contribution < 1.29 is 9.59 Å². The number of hydrazine groups is 1. The second-order valence-electron chi connectivity index (χ2n) is 7.17. The Morgan fingerprint density at radius 2 is 1.52 bits per heavy atom. The maximum Gasteiger partial charge on any atom is 0.330 e. The number of carbonyl (C=O) groups excluding carboxylic acids is 2. The van der Waals surface area contributed by atoms with Crippen LogP contribution in [0.2, 0.25) is 0 Å². The van der Waals surface area contributed by atoms with E-state index in [0.29, 0.717) is 28.1 Å². The molecule has 4 N–H and O–H groups in total. The van der Waals surface area contributed by atoms with Gasteiger partial charge in [-0.3, -0.25) is 10.2 Å². The van der Waals surface area contributed by atoms with Crippen LogP contribution < -0.4 is 16.6 Å². The predicted octanol–water partition coefficient (Wildman–Crippen LogP) is 2.02. The van der Waals surface area contributed by atoms with Gasteiger partial charge in [0.25, 0.3) is 5.91 Å². The van der Waals surface area contributed by atoms with Gasteiger partial charge in [-0.05, 0) is 12.5 Å². The van der Waals surface area contributed by atoms with Crippen LogP contribution in [-0.2, 0) is 0 Å². The summed E-state index contributed by atoms with van der Waals surface area (Å²) in [4.78, 5) is 23.3. The highest BCUT2D eigenvalue weighted by Crippen LogP contribution is 2.37. The summed E-state index contributed by atoms with van der Waals surface area (Å²) in [6.07, 6.45) is 0. The number of carbonyl (C=O) groups is 2. The molecule has 11 nitrogen and oxygen atoms in total. The van der Waals surface area contributed by atoms with E-state index in [-0.39, 0.29) is 5.69 Å². The van der Waals surface area contributed by atoms with Gasteiger partial charge in [0.05, 0.1) is 11.1 Å². The average Bonchev–Trinajstić information content (AvgIpc) is 3.23. The van der Waals surface area contributed by atoms with E-state index in [9.17, 15) is 9.59 Å². The minimum atomic E-state index is -0.906. The summed E-state index contributed by atoms with van der Waals surface area (Å²) in [5, 5.41) is 22.3. The van der Waals surface area contributed by atoms with Crippen LogP contribution in [0.5, 0.6) is 0 Å². The number of primary amides is 1. The third-order valence-electron chi connectivity index (χ3n) is 5.10. The van der Waals surface area contributed by atoms with Crippen LogP contribution in [0.15, 0.2) is 60.7 Å². The first-order valence-electron chi connectivity index (χ1n) is 9.93. The first-order chi connectivity index (χ1) is 16.0. The van der Waals surface area contributed by atoms with E-state index in [0.717, 1.165) is 16.7 Å². The van der Waals surface area contributed by atoms with Crippen LogP contribution in [0.25, 0.3) is 39.1 Å². The molecule has 11 heteroatoms. The largest absolute Gasteiger partial charge is 0.350 e. The van der Waals surface area contributed by atoms with E-state index in [1.165, 1.54) is 4.52 Å². The lowest BCUT2D eigenvalue weighted by Gasteiger charge is -2.10. The summed E-state index contributed by atoms with van der Waals surface area (Å²) in [5.74, 6) is -0.681. The van der Waals surface area contributed by atoms with Gasteiger partial charge in [-0.1, -0.05) is 60.7 Å². The first-order valence-corrected chi connectivity index (χ1v) is 9.93. The van der Waals surface area contributed by atoms with Gasteiger partial charge in [0, 0.05) is 11.1 Å². The molecule has 0 fully saturated rings. The Balaban J connectivity index is 1.78. The Bertz CT molecular complexity index is 1520. The first kappa shape index (κ1) is 20.0. The van der Waals surface area contributed by atoms with E-state index >= 15 is 0 Å². The highest BCUT2D eigenvalue weighted by atomic mass is 16.2. The van der Waals surface area contributed by atoms with Crippen molar-refractivity contribution in [3.63, 3.8) is 0 Å². The van der Waals surface area contributed by atoms with Crippen molar-refractivity contribution in [2.45, 2.75) is 6.92 Å². The SMILES string of the molecule is Cc1c(C(=O)NNC(N)=O)nnc2c3c(-c4ccccc4)c(-c4ccccc4)nnc3nn12. The van der Waals surface area contributed by atoms with Crippen molar-refractivity contribution in [2.75, 3.05) is 0 Å². The maximum absolute atomic E-state index is 12.4. The molecule has 0 radical (unpaired) electrons. The molecule has 0 bridgehead atoms. The summed E-state index contributed by atoms with van der Waals surface area (Å²) in [6.45, 7) is 1.67. The van der Waals surface area contributed by atoms with Crippen molar-refractivity contribution in [3.05, 3.63) is 72.1 Å². The molecule has 2 aromatic carbocycles. The monoisotopic (exact) mass is 439 g/mol. The molecular formula is C22H17N9O2. The minimum Gasteiger partial charge on any atom is -0.350 e. The third kappa shape index (κ3) is 3.47. The van der Waals surface area contributed by atoms with Gasteiger partial charge in [-0.25, -0.2) is 14.7 Å². The molecule has 0 atom stereocenters. The predicted molar refractivity (Wildman–Crippen MR) is 120 cm³/mol. The number of nitrogens with one attached hydrogen (secondary N) is 2. The molecule has 0 unspecified atom stereocenters. The molecule has 3 amide bonds. The van der Waals surface area contributed by atoms with E-state index in [1.54, 1.807) is 6.92 Å². The molecule has 0 aliphatic carbocycles. The molecule has 5 aromatic rings. The fourth-order valence-electron chi connectivity index (χ4n) is 3.62. The van der Waals surface area contributed by atoms with Crippen LogP contribution in [0.1, 0.15) is 16.2 Å². The van der Waals surface area contributed by atoms with Gasteiger partial charge in [0.2, 0.25) is 5.65 Å². The number of hydrogen-bond donors (Lipinski definition) is 3. The van der Waals surface area contributed by atoms with Crippen molar-refractivity contribution >= 4 is 28.6 Å². The Kier molecular flexibility index (Phi) is 4.83. The van der Waals surface area contributed by atoms with Crippen molar-refractivity contribution in [3.8, 4) is 22.4 Å². The van der Waals surface area contributed by atoms with Gasteiger partial charge < -0.3 is 5.73 Å². The van der Waals surface area contributed by atoms with Crippen LogP contribution in [0, 0.1) is 6.92 Å². The van der Waals surface area contributed by atoms with Crippen LogP contribution in [0.3, 0.4) is 0 Å². The summed E-state index contributed by atoms with van der Waals surface area (Å²) in [5.41, 5.74) is 13.6. The Morgan fingerprint density at radius 1 is 0.848 bits per heavy atom. The molecule has 3 aromatic heterocycles. The summed E-state index contributed by atoms with van der Waals surface area (Å²) < 4.78 is 1.49. The lowest BCUT2D eigenvalue weighted by atomic mass is 9.97. The van der Waals surface area contributed by atoms with E-state index in [2.05, 4.69) is 30.9 Å². The summed E-state index contributed by atoms with van der Waals surface area (Å²) in [6, 6.07) is 18.6. The minimum absolute atomic E-state index is 0.0263. The van der Waals surface area contributed by atoms with Gasteiger partial charge in [-0.2, -0.15) is 0 Å². The van der Waals surface area contributed by atoms with Gasteiger partial charge in [0.1, 0.15) is 5.69 Å². The fourth-order valence-corrected chi connectivity index (χ4v) is 3.62. The molecule has 3 heterocycles. The molecule has 0 spiro atoms. The number of aryl methyl sites for hydroxylation is 1. The summed E-state index contributed by atoms with van der Waals surface area (Å²) >= 11 is 0. The molecule has 5 rings (SSSR count). The van der Waals surface area contributed by atoms with Crippen molar-refractivity contribution in [1.29, 1.82) is 0 Å². The number of nitrogens with zero attached hydrogens (tertiary/aromatic N) is 6. The number of nitrogens with two attached hydrogens (primary N) is 1. The maximum atomic E-state index is 12.4. The molecule has 162 valence electrons. The van der Waals surface area contributed by atoms with Crippen molar-refractivity contribution in [2.24, 2.45) is 5.73 Å². The number of rotatable bonds is 3. The number of fused-ring (bicyclic) bond motifs is 3.